The highest BCUT2D eigenvalue weighted by atomic mass is 35.5. The maximum atomic E-state index is 14.8. The van der Waals surface area contributed by atoms with Crippen molar-refractivity contribution in [2.24, 2.45) is 5.92 Å². The highest BCUT2D eigenvalue weighted by Crippen LogP contribution is 2.24. The molecule has 2 aliphatic heterocycles. The van der Waals surface area contributed by atoms with Crippen LogP contribution in [0.25, 0.3) is 5.65 Å². The SMILES string of the molecule is CC(C)[C@@H]1CN(C(=O)c2cn3cc(Cl)ccc3n2)CC(=O)NCCCc2ccc(F)c(c2)C(=O)N2CCC[C@H]2C(=O)N1. The average Bonchev–Trinajstić information content (AvgIpc) is 3.61. The molecular weight excluding hydrogens is 563 g/mol. The second kappa shape index (κ2) is 12.5. The molecule has 10 nitrogen and oxygen atoms in total. The predicted molar refractivity (Wildman–Crippen MR) is 155 cm³/mol. The lowest BCUT2D eigenvalue weighted by molar-refractivity contribution is -0.126. The van der Waals surface area contributed by atoms with Crippen LogP contribution in [0.1, 0.15) is 59.5 Å². The van der Waals surface area contributed by atoms with Crippen LogP contribution in [0.3, 0.4) is 0 Å². The number of carbonyl (C=O) groups is 4. The van der Waals surface area contributed by atoms with Crippen LogP contribution in [-0.4, -0.2) is 81.1 Å². The smallest absolute Gasteiger partial charge is 0.274 e. The minimum atomic E-state index is -0.770. The van der Waals surface area contributed by atoms with Crippen molar-refractivity contribution in [3.05, 3.63) is 70.4 Å². The molecule has 12 heteroatoms. The van der Waals surface area contributed by atoms with Gasteiger partial charge in [0.2, 0.25) is 11.8 Å². The van der Waals surface area contributed by atoms with E-state index in [-0.39, 0.29) is 42.1 Å². The number of benzene rings is 1. The number of aromatic nitrogens is 2. The number of amides is 4. The Bertz CT molecular complexity index is 1520. The number of hydrogen-bond donors (Lipinski definition) is 2. The minimum Gasteiger partial charge on any atom is -0.355 e. The molecule has 2 bridgehead atoms. The third kappa shape index (κ3) is 6.41. The minimum absolute atomic E-state index is 0.0420. The van der Waals surface area contributed by atoms with Gasteiger partial charge in [-0.25, -0.2) is 9.37 Å². The third-order valence-corrected chi connectivity index (χ3v) is 8.07. The first-order valence-electron chi connectivity index (χ1n) is 14.2. The summed E-state index contributed by atoms with van der Waals surface area (Å²) in [5.74, 6) is -2.47. The molecule has 0 unspecified atom stereocenters. The van der Waals surface area contributed by atoms with Gasteiger partial charge in [0.1, 0.15) is 23.2 Å². The number of aryl methyl sites for hydroxylation is 1. The first-order chi connectivity index (χ1) is 20.1. The molecule has 2 N–H and O–H groups in total. The van der Waals surface area contributed by atoms with Gasteiger partial charge in [0.25, 0.3) is 11.8 Å². The molecule has 2 aromatic heterocycles. The van der Waals surface area contributed by atoms with Crippen molar-refractivity contribution in [1.82, 2.24) is 29.8 Å². The Morgan fingerprint density at radius 3 is 2.71 bits per heavy atom. The number of carbonyl (C=O) groups excluding carboxylic acids is 4. The number of imidazole rings is 1. The second-order valence-electron chi connectivity index (χ2n) is 11.2. The zero-order valence-corrected chi connectivity index (χ0v) is 24.4. The number of hydrogen-bond acceptors (Lipinski definition) is 5. The number of pyridine rings is 1. The van der Waals surface area contributed by atoms with Crippen molar-refractivity contribution in [1.29, 1.82) is 0 Å². The summed E-state index contributed by atoms with van der Waals surface area (Å²) in [6, 6.07) is 6.48. The van der Waals surface area contributed by atoms with E-state index in [2.05, 4.69) is 15.6 Å². The Morgan fingerprint density at radius 2 is 1.93 bits per heavy atom. The lowest BCUT2D eigenvalue weighted by atomic mass is 10.0. The van der Waals surface area contributed by atoms with Gasteiger partial charge in [-0.15, -0.1) is 0 Å². The molecule has 222 valence electrons. The predicted octanol–water partition coefficient (Wildman–Crippen LogP) is 3.08. The van der Waals surface area contributed by atoms with E-state index in [1.54, 1.807) is 35.0 Å². The summed E-state index contributed by atoms with van der Waals surface area (Å²) in [7, 11) is 0. The zero-order chi connectivity index (χ0) is 30.0. The molecule has 0 saturated carbocycles. The van der Waals surface area contributed by atoms with Crippen molar-refractivity contribution >= 4 is 40.9 Å². The molecule has 4 amide bonds. The molecule has 42 heavy (non-hydrogen) atoms. The van der Waals surface area contributed by atoms with E-state index in [9.17, 15) is 23.6 Å². The summed E-state index contributed by atoms with van der Waals surface area (Å²) in [6.07, 6.45) is 5.30. The lowest BCUT2D eigenvalue weighted by Gasteiger charge is -2.32. The van der Waals surface area contributed by atoms with E-state index < -0.39 is 29.7 Å². The van der Waals surface area contributed by atoms with Gasteiger partial charge in [-0.05, 0) is 61.4 Å². The molecule has 2 atom stereocenters. The summed E-state index contributed by atoms with van der Waals surface area (Å²) < 4.78 is 16.4. The molecule has 2 aliphatic rings. The number of nitrogens with one attached hydrogen (secondary N) is 2. The van der Waals surface area contributed by atoms with Gasteiger partial charge in [-0.2, -0.15) is 0 Å². The van der Waals surface area contributed by atoms with Crippen LogP contribution in [0, 0.1) is 11.7 Å². The molecular formula is C30H34ClFN6O4. The third-order valence-electron chi connectivity index (χ3n) is 7.85. The normalized spacial score (nSPS) is 20.8. The van der Waals surface area contributed by atoms with Crippen LogP contribution in [-0.2, 0) is 16.0 Å². The summed E-state index contributed by atoms with van der Waals surface area (Å²) in [6.45, 7) is 4.28. The van der Waals surface area contributed by atoms with E-state index in [0.29, 0.717) is 49.4 Å². The fraction of sp³-hybridized carbons (Fsp3) is 0.433. The Kier molecular flexibility index (Phi) is 8.77. The molecule has 1 saturated heterocycles. The Labute approximate surface area is 248 Å². The van der Waals surface area contributed by atoms with E-state index in [1.807, 2.05) is 13.8 Å². The highest BCUT2D eigenvalue weighted by molar-refractivity contribution is 6.30. The van der Waals surface area contributed by atoms with Crippen LogP contribution in [0.5, 0.6) is 0 Å². The molecule has 3 aromatic rings. The molecule has 0 aliphatic carbocycles. The largest absolute Gasteiger partial charge is 0.355 e. The average molecular weight is 597 g/mol. The van der Waals surface area contributed by atoms with Gasteiger partial charge in [-0.3, -0.25) is 19.2 Å². The standard InChI is InChI=1S/C30H34ClFN6O4/c1-18(2)23-15-37(30(42)24-16-36-14-20(31)8-10-26(36)34-24)17-27(39)33-11-3-5-19-7-9-22(32)21(13-19)29(41)38-12-4-6-25(38)28(40)35-23/h7-10,13-14,16,18,23,25H,3-6,11-12,15,17H2,1-2H3,(H,33,39)(H,35,40)/t23-,25-/m0/s1. The van der Waals surface area contributed by atoms with Crippen LogP contribution >= 0.6 is 11.6 Å². The fourth-order valence-electron chi connectivity index (χ4n) is 5.47. The summed E-state index contributed by atoms with van der Waals surface area (Å²) in [4.78, 5) is 61.0. The Morgan fingerprint density at radius 1 is 1.12 bits per heavy atom. The number of halogens is 2. The molecule has 0 spiro atoms. The number of nitrogens with zero attached hydrogens (tertiary/aromatic N) is 4. The molecule has 1 aromatic carbocycles. The van der Waals surface area contributed by atoms with Gasteiger partial charge in [0.05, 0.1) is 17.1 Å². The van der Waals surface area contributed by atoms with Crippen LogP contribution in [0.4, 0.5) is 4.39 Å². The van der Waals surface area contributed by atoms with E-state index in [0.717, 1.165) is 5.56 Å². The van der Waals surface area contributed by atoms with E-state index in [1.165, 1.54) is 21.9 Å². The lowest BCUT2D eigenvalue weighted by Crippen LogP contribution is -2.54. The van der Waals surface area contributed by atoms with Crippen molar-refractivity contribution in [2.75, 3.05) is 26.2 Å². The van der Waals surface area contributed by atoms with Gasteiger partial charge < -0.3 is 24.8 Å². The van der Waals surface area contributed by atoms with Crippen molar-refractivity contribution in [3.8, 4) is 0 Å². The van der Waals surface area contributed by atoms with Crippen LogP contribution in [0.15, 0.2) is 42.7 Å². The van der Waals surface area contributed by atoms with Gasteiger partial charge in [-0.1, -0.05) is 31.5 Å². The summed E-state index contributed by atoms with van der Waals surface area (Å²) in [5, 5.41) is 6.34. The molecule has 0 radical (unpaired) electrons. The van der Waals surface area contributed by atoms with Gasteiger partial charge >= 0.3 is 0 Å². The van der Waals surface area contributed by atoms with Crippen LogP contribution < -0.4 is 10.6 Å². The van der Waals surface area contributed by atoms with E-state index >= 15 is 0 Å². The number of fused-ring (bicyclic) bond motifs is 4. The molecule has 5 rings (SSSR count). The first-order valence-corrected chi connectivity index (χ1v) is 14.6. The van der Waals surface area contributed by atoms with Gasteiger partial charge in [0.15, 0.2) is 0 Å². The summed E-state index contributed by atoms with van der Waals surface area (Å²) >= 11 is 6.10. The quantitative estimate of drug-likeness (QED) is 0.472. The first kappa shape index (κ1) is 29.5. The van der Waals surface area contributed by atoms with Gasteiger partial charge in [0, 0.05) is 38.1 Å². The topological polar surface area (TPSA) is 116 Å². The number of rotatable bonds is 2. The summed E-state index contributed by atoms with van der Waals surface area (Å²) in [5.41, 5.74) is 1.35. The maximum absolute atomic E-state index is 14.8. The molecule has 4 heterocycles. The van der Waals surface area contributed by atoms with Crippen LogP contribution in [0.2, 0.25) is 5.02 Å². The second-order valence-corrected chi connectivity index (χ2v) is 11.6. The molecule has 1 fully saturated rings. The van der Waals surface area contributed by atoms with E-state index in [4.69, 9.17) is 11.6 Å². The Balaban J connectivity index is 1.45. The Hall–Kier alpha value is -3.99. The maximum Gasteiger partial charge on any atom is 0.274 e. The van der Waals surface area contributed by atoms with Crippen molar-refractivity contribution < 1.29 is 23.6 Å². The fourth-order valence-corrected chi connectivity index (χ4v) is 5.64. The van der Waals surface area contributed by atoms with Crippen molar-refractivity contribution in [2.45, 2.75) is 51.6 Å². The van der Waals surface area contributed by atoms with Crippen molar-refractivity contribution in [3.63, 3.8) is 0 Å². The zero-order valence-electron chi connectivity index (χ0n) is 23.6. The monoisotopic (exact) mass is 596 g/mol. The highest BCUT2D eigenvalue weighted by Gasteiger charge is 2.37.